The minimum absolute atomic E-state index is 0.0681. The van der Waals surface area contributed by atoms with Gasteiger partial charge in [0.25, 0.3) is 0 Å². The molecule has 1 aliphatic rings. The zero-order valence-electron chi connectivity index (χ0n) is 11.9. The summed E-state index contributed by atoms with van der Waals surface area (Å²) in [6.07, 6.45) is 0.954. The quantitative estimate of drug-likeness (QED) is 0.676. The molecule has 0 aliphatic carbocycles. The van der Waals surface area contributed by atoms with E-state index in [1.165, 1.54) is 0 Å². The Hall–Kier alpha value is -1.14. The van der Waals surface area contributed by atoms with Gasteiger partial charge in [0.1, 0.15) is 5.54 Å². The molecular formula is C13H24N2O4. The number of carbonyl (C=O) groups is 2. The van der Waals surface area contributed by atoms with Crippen molar-refractivity contribution in [3.8, 4) is 0 Å². The predicted octanol–water partition coefficient (Wildman–Crippen LogP) is 0.500. The maximum Gasteiger partial charge on any atom is 0.305 e. The van der Waals surface area contributed by atoms with Gasteiger partial charge in [0.2, 0.25) is 5.91 Å². The largest absolute Gasteiger partial charge is 0.481 e. The van der Waals surface area contributed by atoms with E-state index in [1.54, 1.807) is 0 Å². The molecule has 0 saturated carbocycles. The highest BCUT2D eigenvalue weighted by Gasteiger charge is 2.39. The standard InChI is InChI=1S/C13H24N2O4/c1-12(2,3)7-9(6-10(16)17)15-11(18)13(14)4-5-19-8-13/h9H,4-8,14H2,1-3H3,(H,15,18)(H,16,17). The minimum atomic E-state index is -1.02. The van der Waals surface area contributed by atoms with E-state index in [1.807, 2.05) is 20.8 Å². The van der Waals surface area contributed by atoms with Crippen LogP contribution < -0.4 is 11.1 Å². The van der Waals surface area contributed by atoms with E-state index < -0.39 is 17.6 Å². The molecule has 1 heterocycles. The van der Waals surface area contributed by atoms with Crippen LogP contribution in [-0.4, -0.2) is 41.8 Å². The van der Waals surface area contributed by atoms with E-state index in [4.69, 9.17) is 15.6 Å². The summed E-state index contributed by atoms with van der Waals surface area (Å²) in [5.74, 6) is -1.25. The summed E-state index contributed by atoms with van der Waals surface area (Å²) in [5.41, 5.74) is 4.87. The van der Waals surface area contributed by atoms with Crippen LogP contribution in [0.4, 0.5) is 0 Å². The third-order valence-corrected chi connectivity index (χ3v) is 3.12. The Morgan fingerprint density at radius 2 is 2.11 bits per heavy atom. The van der Waals surface area contributed by atoms with Crippen LogP contribution in [-0.2, 0) is 14.3 Å². The van der Waals surface area contributed by atoms with Crippen LogP contribution >= 0.6 is 0 Å². The SMILES string of the molecule is CC(C)(C)CC(CC(=O)O)NC(=O)C1(N)CCOC1. The van der Waals surface area contributed by atoms with E-state index >= 15 is 0 Å². The summed E-state index contributed by atoms with van der Waals surface area (Å²) in [5, 5.41) is 11.7. The van der Waals surface area contributed by atoms with Gasteiger partial charge in [0.05, 0.1) is 13.0 Å². The maximum atomic E-state index is 12.1. The summed E-state index contributed by atoms with van der Waals surface area (Å²) in [7, 11) is 0. The monoisotopic (exact) mass is 272 g/mol. The summed E-state index contributed by atoms with van der Waals surface area (Å²) in [6.45, 7) is 6.67. The average molecular weight is 272 g/mol. The smallest absolute Gasteiger partial charge is 0.305 e. The highest BCUT2D eigenvalue weighted by Crippen LogP contribution is 2.23. The number of carbonyl (C=O) groups excluding carboxylic acids is 1. The molecule has 2 atom stereocenters. The Balaban J connectivity index is 2.65. The lowest BCUT2D eigenvalue weighted by Gasteiger charge is -2.29. The van der Waals surface area contributed by atoms with Gasteiger partial charge in [-0.3, -0.25) is 9.59 Å². The van der Waals surface area contributed by atoms with Crippen molar-refractivity contribution < 1.29 is 19.4 Å². The number of carboxylic acid groups (broad SMARTS) is 1. The van der Waals surface area contributed by atoms with Gasteiger partial charge in [-0.15, -0.1) is 0 Å². The fraction of sp³-hybridized carbons (Fsp3) is 0.846. The molecule has 6 nitrogen and oxygen atoms in total. The minimum Gasteiger partial charge on any atom is -0.481 e. The van der Waals surface area contributed by atoms with Gasteiger partial charge < -0.3 is 20.9 Å². The molecule has 0 bridgehead atoms. The van der Waals surface area contributed by atoms with Crippen LogP contribution in [0.1, 0.15) is 40.0 Å². The normalized spacial score (nSPS) is 25.1. The molecule has 0 aromatic heterocycles. The fourth-order valence-electron chi connectivity index (χ4n) is 2.21. The second-order valence-electron chi connectivity index (χ2n) is 6.49. The van der Waals surface area contributed by atoms with Crippen LogP contribution in [0.5, 0.6) is 0 Å². The van der Waals surface area contributed by atoms with Crippen molar-refractivity contribution in [3.63, 3.8) is 0 Å². The summed E-state index contributed by atoms with van der Waals surface area (Å²) in [4.78, 5) is 23.0. The van der Waals surface area contributed by atoms with E-state index in [2.05, 4.69) is 5.32 Å². The lowest BCUT2D eigenvalue weighted by Crippen LogP contribution is -2.57. The Morgan fingerprint density at radius 3 is 2.53 bits per heavy atom. The van der Waals surface area contributed by atoms with Crippen LogP contribution in [0, 0.1) is 5.41 Å². The van der Waals surface area contributed by atoms with Crippen LogP contribution in [0.2, 0.25) is 0 Å². The Morgan fingerprint density at radius 1 is 1.47 bits per heavy atom. The number of nitrogens with two attached hydrogens (primary N) is 1. The number of rotatable bonds is 5. The molecule has 2 unspecified atom stereocenters. The molecule has 0 aromatic rings. The van der Waals surface area contributed by atoms with Crippen molar-refractivity contribution in [3.05, 3.63) is 0 Å². The van der Waals surface area contributed by atoms with E-state index in [-0.39, 0.29) is 24.3 Å². The second-order valence-corrected chi connectivity index (χ2v) is 6.49. The number of carboxylic acids is 1. The van der Waals surface area contributed by atoms with Crippen molar-refractivity contribution in [2.45, 2.75) is 51.6 Å². The predicted molar refractivity (Wildman–Crippen MR) is 70.6 cm³/mol. The zero-order valence-corrected chi connectivity index (χ0v) is 11.9. The molecule has 4 N–H and O–H groups in total. The third-order valence-electron chi connectivity index (χ3n) is 3.12. The number of hydrogen-bond acceptors (Lipinski definition) is 4. The van der Waals surface area contributed by atoms with Crippen molar-refractivity contribution in [2.24, 2.45) is 11.1 Å². The van der Waals surface area contributed by atoms with Crippen molar-refractivity contribution in [1.29, 1.82) is 0 Å². The van der Waals surface area contributed by atoms with Crippen LogP contribution in [0.3, 0.4) is 0 Å². The Kier molecular flexibility index (Phi) is 4.92. The molecule has 19 heavy (non-hydrogen) atoms. The third kappa shape index (κ3) is 5.16. The van der Waals surface area contributed by atoms with Gasteiger partial charge in [0.15, 0.2) is 0 Å². The Labute approximate surface area is 113 Å². The number of ether oxygens (including phenoxy) is 1. The topological polar surface area (TPSA) is 102 Å². The fourth-order valence-corrected chi connectivity index (χ4v) is 2.21. The summed E-state index contributed by atoms with van der Waals surface area (Å²) in [6, 6.07) is -0.411. The van der Waals surface area contributed by atoms with Crippen molar-refractivity contribution >= 4 is 11.9 Å². The van der Waals surface area contributed by atoms with Gasteiger partial charge in [-0.25, -0.2) is 0 Å². The highest BCUT2D eigenvalue weighted by atomic mass is 16.5. The molecule has 0 spiro atoms. The van der Waals surface area contributed by atoms with Gasteiger partial charge in [-0.05, 0) is 18.3 Å². The van der Waals surface area contributed by atoms with E-state index in [0.29, 0.717) is 19.4 Å². The first-order chi connectivity index (χ1) is 8.62. The lowest BCUT2D eigenvalue weighted by molar-refractivity contribution is -0.138. The molecule has 0 aromatic carbocycles. The molecule has 6 heteroatoms. The second kappa shape index (κ2) is 5.88. The molecule has 1 aliphatic heterocycles. The average Bonchev–Trinajstić information content (AvgIpc) is 2.62. The summed E-state index contributed by atoms with van der Waals surface area (Å²) < 4.78 is 5.14. The van der Waals surface area contributed by atoms with Gasteiger partial charge in [-0.2, -0.15) is 0 Å². The lowest BCUT2D eigenvalue weighted by atomic mass is 9.86. The molecule has 0 radical (unpaired) electrons. The van der Waals surface area contributed by atoms with Gasteiger partial charge in [-0.1, -0.05) is 20.8 Å². The molecule has 1 fully saturated rings. The van der Waals surface area contributed by atoms with Gasteiger partial charge in [0, 0.05) is 12.6 Å². The molecular weight excluding hydrogens is 248 g/mol. The maximum absolute atomic E-state index is 12.1. The number of nitrogens with one attached hydrogen (secondary N) is 1. The molecule has 110 valence electrons. The first-order valence-electron chi connectivity index (χ1n) is 6.52. The van der Waals surface area contributed by atoms with Crippen molar-refractivity contribution in [2.75, 3.05) is 13.2 Å². The van der Waals surface area contributed by atoms with Crippen LogP contribution in [0.15, 0.2) is 0 Å². The first-order valence-corrected chi connectivity index (χ1v) is 6.52. The van der Waals surface area contributed by atoms with E-state index in [9.17, 15) is 9.59 Å². The van der Waals surface area contributed by atoms with Crippen LogP contribution in [0.25, 0.3) is 0 Å². The zero-order chi connectivity index (χ0) is 14.7. The number of amides is 1. The number of aliphatic carboxylic acids is 1. The Bertz CT molecular complexity index is 343. The van der Waals surface area contributed by atoms with Crippen molar-refractivity contribution in [1.82, 2.24) is 5.32 Å². The van der Waals surface area contributed by atoms with Gasteiger partial charge >= 0.3 is 5.97 Å². The number of hydrogen-bond donors (Lipinski definition) is 3. The molecule has 1 rings (SSSR count). The summed E-state index contributed by atoms with van der Waals surface area (Å²) >= 11 is 0. The van der Waals surface area contributed by atoms with E-state index in [0.717, 1.165) is 0 Å². The molecule has 1 amide bonds. The first kappa shape index (κ1) is 15.9. The highest BCUT2D eigenvalue weighted by molar-refractivity contribution is 5.87. The molecule has 1 saturated heterocycles.